The van der Waals surface area contributed by atoms with Crippen molar-refractivity contribution >= 4 is 40.6 Å². The normalized spacial score (nSPS) is 14.9. The molecule has 150 valence electrons. The molecule has 1 aromatic carbocycles. The first-order valence-corrected chi connectivity index (χ1v) is 10.7. The lowest BCUT2D eigenvalue weighted by molar-refractivity contribution is 0.0942. The van der Waals surface area contributed by atoms with Crippen molar-refractivity contribution in [1.82, 2.24) is 10.3 Å². The minimum absolute atomic E-state index is 0.0390. The number of pyridine rings is 1. The number of hydrogen-bond acceptors (Lipinski definition) is 3. The molecule has 0 radical (unpaired) electrons. The van der Waals surface area contributed by atoms with Crippen LogP contribution in [0.25, 0.3) is 0 Å². The minimum atomic E-state index is -0.0390. The van der Waals surface area contributed by atoms with Crippen LogP contribution >= 0.6 is 23.2 Å². The van der Waals surface area contributed by atoms with Gasteiger partial charge >= 0.3 is 0 Å². The van der Waals surface area contributed by atoms with Gasteiger partial charge in [0.2, 0.25) is 0 Å². The largest absolute Gasteiger partial charge is 0.352 e. The zero-order valence-corrected chi connectivity index (χ0v) is 17.9. The fourth-order valence-corrected chi connectivity index (χ4v) is 3.95. The summed E-state index contributed by atoms with van der Waals surface area (Å²) >= 11 is 12.1. The summed E-state index contributed by atoms with van der Waals surface area (Å²) < 4.78 is 0. The Balaban J connectivity index is 1.72. The molecule has 28 heavy (non-hydrogen) atoms. The van der Waals surface area contributed by atoms with E-state index in [9.17, 15) is 4.79 Å². The van der Waals surface area contributed by atoms with Crippen LogP contribution in [0.2, 0.25) is 10.0 Å². The highest BCUT2D eigenvalue weighted by Crippen LogP contribution is 2.28. The maximum absolute atomic E-state index is 12.8. The lowest BCUT2D eigenvalue weighted by Crippen LogP contribution is -2.31. The third kappa shape index (κ3) is 5.39. The van der Waals surface area contributed by atoms with Gasteiger partial charge in [0.05, 0.1) is 15.6 Å². The van der Waals surface area contributed by atoms with Crippen LogP contribution in [0.1, 0.15) is 67.8 Å². The van der Waals surface area contributed by atoms with E-state index in [-0.39, 0.29) is 11.8 Å². The number of rotatable bonds is 6. The summed E-state index contributed by atoms with van der Waals surface area (Å²) in [6.45, 7) is 4.91. The molecule has 4 nitrogen and oxygen atoms in total. The van der Waals surface area contributed by atoms with Gasteiger partial charge in [-0.15, -0.1) is 0 Å². The zero-order valence-electron chi connectivity index (χ0n) is 16.4. The molecular weight excluding hydrogens is 393 g/mol. The van der Waals surface area contributed by atoms with Gasteiger partial charge in [-0.2, -0.15) is 0 Å². The average molecular weight is 420 g/mol. The zero-order chi connectivity index (χ0) is 20.1. The first-order chi connectivity index (χ1) is 13.4. The third-order valence-electron chi connectivity index (χ3n) is 5.27. The molecule has 0 bridgehead atoms. The number of halogens is 2. The number of carbonyl (C=O) groups excluding carboxylic acids is 1. The molecule has 1 aromatic heterocycles. The van der Waals surface area contributed by atoms with Crippen LogP contribution in [0.4, 0.5) is 11.5 Å². The number of anilines is 2. The first kappa shape index (κ1) is 20.9. The van der Waals surface area contributed by atoms with Crippen LogP contribution < -0.4 is 10.6 Å². The highest BCUT2D eigenvalue weighted by molar-refractivity contribution is 6.42. The monoisotopic (exact) mass is 419 g/mol. The van der Waals surface area contributed by atoms with Crippen LogP contribution in [0.5, 0.6) is 0 Å². The van der Waals surface area contributed by atoms with Crippen LogP contribution in [0, 0.1) is 5.92 Å². The molecule has 1 aliphatic rings. The van der Waals surface area contributed by atoms with Gasteiger partial charge in [-0.25, -0.2) is 4.98 Å². The van der Waals surface area contributed by atoms with Crippen molar-refractivity contribution in [3.63, 3.8) is 0 Å². The maximum Gasteiger partial charge on any atom is 0.253 e. The molecule has 2 aromatic rings. The maximum atomic E-state index is 12.8. The van der Waals surface area contributed by atoms with E-state index >= 15 is 0 Å². The molecule has 0 spiro atoms. The highest BCUT2D eigenvalue weighted by Gasteiger charge is 2.18. The van der Waals surface area contributed by atoms with Gasteiger partial charge in [0.1, 0.15) is 5.82 Å². The number of carbonyl (C=O) groups is 1. The Morgan fingerprint density at radius 1 is 1.14 bits per heavy atom. The molecule has 1 aliphatic carbocycles. The van der Waals surface area contributed by atoms with Gasteiger partial charge in [-0.3, -0.25) is 4.79 Å². The second kappa shape index (κ2) is 9.62. The number of nitrogens with zero attached hydrogens (tertiary/aromatic N) is 1. The summed E-state index contributed by atoms with van der Waals surface area (Å²) in [4.78, 5) is 17.2. The predicted octanol–water partition coefficient (Wildman–Crippen LogP) is 6.57. The van der Waals surface area contributed by atoms with Gasteiger partial charge in [0.15, 0.2) is 0 Å². The lowest BCUT2D eigenvalue weighted by Gasteiger charge is -2.22. The Labute approximate surface area is 177 Å². The topological polar surface area (TPSA) is 54.0 Å². The summed E-state index contributed by atoms with van der Waals surface area (Å²) in [5.74, 6) is 1.44. The van der Waals surface area contributed by atoms with Gasteiger partial charge < -0.3 is 10.6 Å². The highest BCUT2D eigenvalue weighted by atomic mass is 35.5. The van der Waals surface area contributed by atoms with E-state index < -0.39 is 0 Å². The predicted molar refractivity (Wildman–Crippen MR) is 117 cm³/mol. The van der Waals surface area contributed by atoms with E-state index in [2.05, 4.69) is 29.5 Å². The summed E-state index contributed by atoms with van der Waals surface area (Å²) in [6, 6.07) is 7.27. The second-order valence-electron chi connectivity index (χ2n) is 7.78. The minimum Gasteiger partial charge on any atom is -0.352 e. The molecule has 0 aliphatic heterocycles. The van der Waals surface area contributed by atoms with E-state index in [0.29, 0.717) is 27.3 Å². The van der Waals surface area contributed by atoms with Crippen molar-refractivity contribution in [2.75, 3.05) is 11.9 Å². The van der Waals surface area contributed by atoms with Gasteiger partial charge in [0, 0.05) is 18.4 Å². The fraction of sp³-hybridized carbons (Fsp3) is 0.455. The molecule has 0 unspecified atom stereocenters. The van der Waals surface area contributed by atoms with E-state index in [1.54, 1.807) is 18.3 Å². The Morgan fingerprint density at radius 2 is 1.89 bits per heavy atom. The number of benzene rings is 1. The van der Waals surface area contributed by atoms with Crippen molar-refractivity contribution < 1.29 is 4.79 Å². The van der Waals surface area contributed by atoms with Crippen molar-refractivity contribution in [2.24, 2.45) is 5.92 Å². The molecule has 3 rings (SSSR count). The SMILES string of the molecule is CC(C)c1cc(Nc2ccc(Cl)c(Cl)c2)ncc1C(=O)NCC1CCCCC1. The molecular formula is C22H27Cl2N3O. The van der Waals surface area contributed by atoms with Crippen molar-refractivity contribution in [2.45, 2.75) is 51.9 Å². The van der Waals surface area contributed by atoms with E-state index in [4.69, 9.17) is 23.2 Å². The summed E-state index contributed by atoms with van der Waals surface area (Å²) in [7, 11) is 0. The molecule has 1 heterocycles. The first-order valence-electron chi connectivity index (χ1n) is 9.94. The molecule has 0 atom stereocenters. The molecule has 0 saturated heterocycles. The second-order valence-corrected chi connectivity index (χ2v) is 8.59. The van der Waals surface area contributed by atoms with Gasteiger partial charge in [0.25, 0.3) is 5.91 Å². The van der Waals surface area contributed by atoms with Crippen LogP contribution in [-0.2, 0) is 0 Å². The molecule has 1 saturated carbocycles. The van der Waals surface area contributed by atoms with E-state index in [1.807, 2.05) is 12.1 Å². The molecule has 2 N–H and O–H groups in total. The summed E-state index contributed by atoms with van der Waals surface area (Å²) in [5.41, 5.74) is 2.41. The number of nitrogens with one attached hydrogen (secondary N) is 2. The number of hydrogen-bond donors (Lipinski definition) is 2. The quantitative estimate of drug-likeness (QED) is 0.556. The van der Waals surface area contributed by atoms with Crippen LogP contribution in [-0.4, -0.2) is 17.4 Å². The van der Waals surface area contributed by atoms with Crippen molar-refractivity contribution in [1.29, 1.82) is 0 Å². The van der Waals surface area contributed by atoms with Gasteiger partial charge in [-0.1, -0.05) is 56.3 Å². The van der Waals surface area contributed by atoms with E-state index in [0.717, 1.165) is 17.8 Å². The summed E-state index contributed by atoms with van der Waals surface area (Å²) in [6.07, 6.45) is 7.94. The molecule has 6 heteroatoms. The molecule has 1 fully saturated rings. The average Bonchev–Trinajstić information content (AvgIpc) is 2.69. The smallest absolute Gasteiger partial charge is 0.253 e. The van der Waals surface area contributed by atoms with Crippen LogP contribution in [0.3, 0.4) is 0 Å². The van der Waals surface area contributed by atoms with Crippen LogP contribution in [0.15, 0.2) is 30.5 Å². The Bertz CT molecular complexity index is 833. The molecule has 1 amide bonds. The lowest BCUT2D eigenvalue weighted by atomic mass is 9.89. The van der Waals surface area contributed by atoms with E-state index in [1.165, 1.54) is 32.1 Å². The van der Waals surface area contributed by atoms with Crippen molar-refractivity contribution in [3.8, 4) is 0 Å². The third-order valence-corrected chi connectivity index (χ3v) is 6.01. The number of amides is 1. The number of aromatic nitrogens is 1. The standard InChI is InChI=1S/C22H27Cl2N3O/c1-14(2)17-11-21(27-16-8-9-19(23)20(24)10-16)25-13-18(17)22(28)26-12-15-6-4-3-5-7-15/h8-11,13-15H,3-7,12H2,1-2H3,(H,25,27)(H,26,28). The Hall–Kier alpha value is -1.78. The Kier molecular flexibility index (Phi) is 7.19. The van der Waals surface area contributed by atoms with Gasteiger partial charge in [-0.05, 0) is 54.5 Å². The Morgan fingerprint density at radius 3 is 2.57 bits per heavy atom. The fourth-order valence-electron chi connectivity index (χ4n) is 3.65. The van der Waals surface area contributed by atoms with Crippen molar-refractivity contribution in [3.05, 3.63) is 51.6 Å². The summed E-state index contributed by atoms with van der Waals surface area (Å²) in [5, 5.41) is 7.33.